The van der Waals surface area contributed by atoms with Gasteiger partial charge in [0.25, 0.3) is 0 Å². The smallest absolute Gasteiger partial charge is 0.142 e. The highest BCUT2D eigenvalue weighted by Crippen LogP contribution is 2.17. The molecule has 0 aromatic carbocycles. The third-order valence-corrected chi connectivity index (χ3v) is 1.56. The first-order valence-corrected chi connectivity index (χ1v) is 3.69. The number of nitrogen functional groups attached to an aromatic ring is 1. The molecule has 1 heterocycles. The standard InChI is InChI=1S/C5H5BrClN3/c6-3-1-4(7)9-5(2-3)10-8/h1-2H,8H2,(H,9,10). The van der Waals surface area contributed by atoms with Crippen LogP contribution in [0, 0.1) is 0 Å². The number of aromatic nitrogens is 1. The molecule has 10 heavy (non-hydrogen) atoms. The predicted octanol–water partition coefficient (Wildman–Crippen LogP) is 1.78. The molecular formula is C5H5BrClN3. The van der Waals surface area contributed by atoms with Crippen LogP contribution >= 0.6 is 27.5 Å². The van der Waals surface area contributed by atoms with Crippen molar-refractivity contribution in [3.05, 3.63) is 21.8 Å². The van der Waals surface area contributed by atoms with E-state index in [1.807, 2.05) is 0 Å². The average Bonchev–Trinajstić information content (AvgIpc) is 1.85. The van der Waals surface area contributed by atoms with Crippen LogP contribution in [-0.2, 0) is 0 Å². The number of nitrogens with one attached hydrogen (secondary N) is 1. The van der Waals surface area contributed by atoms with Crippen LogP contribution in [0.4, 0.5) is 5.82 Å². The van der Waals surface area contributed by atoms with Crippen molar-refractivity contribution in [1.29, 1.82) is 0 Å². The zero-order chi connectivity index (χ0) is 7.56. The molecule has 0 saturated heterocycles. The van der Waals surface area contributed by atoms with Crippen LogP contribution in [-0.4, -0.2) is 4.98 Å². The molecule has 1 aromatic heterocycles. The summed E-state index contributed by atoms with van der Waals surface area (Å²) >= 11 is 8.83. The van der Waals surface area contributed by atoms with E-state index >= 15 is 0 Å². The third-order valence-electron chi connectivity index (χ3n) is 0.907. The van der Waals surface area contributed by atoms with Crippen LogP contribution in [0.1, 0.15) is 0 Å². The number of hydrogen-bond donors (Lipinski definition) is 2. The number of hydrogen-bond acceptors (Lipinski definition) is 3. The van der Waals surface area contributed by atoms with Crippen molar-refractivity contribution in [2.75, 3.05) is 5.43 Å². The summed E-state index contributed by atoms with van der Waals surface area (Å²) in [5.41, 5.74) is 2.38. The summed E-state index contributed by atoms with van der Waals surface area (Å²) < 4.78 is 0.848. The number of nitrogens with zero attached hydrogens (tertiary/aromatic N) is 1. The lowest BCUT2D eigenvalue weighted by atomic mass is 10.5. The summed E-state index contributed by atoms with van der Waals surface area (Å²) in [5, 5.41) is 0.405. The highest BCUT2D eigenvalue weighted by Gasteiger charge is 1.95. The first-order valence-electron chi connectivity index (χ1n) is 2.52. The van der Waals surface area contributed by atoms with Gasteiger partial charge in [0, 0.05) is 4.47 Å². The minimum atomic E-state index is 0.405. The number of pyridine rings is 1. The van der Waals surface area contributed by atoms with Crippen molar-refractivity contribution in [3.63, 3.8) is 0 Å². The molecule has 3 nitrogen and oxygen atoms in total. The zero-order valence-electron chi connectivity index (χ0n) is 4.94. The van der Waals surface area contributed by atoms with Gasteiger partial charge < -0.3 is 5.43 Å². The first-order chi connectivity index (χ1) is 4.72. The van der Waals surface area contributed by atoms with Gasteiger partial charge in [0.05, 0.1) is 0 Å². The normalized spacial score (nSPS) is 9.50. The molecule has 0 fully saturated rings. The molecule has 1 aromatic rings. The molecule has 0 aliphatic heterocycles. The number of rotatable bonds is 1. The van der Waals surface area contributed by atoms with Crippen LogP contribution in [0.3, 0.4) is 0 Å². The fraction of sp³-hybridized carbons (Fsp3) is 0. The monoisotopic (exact) mass is 221 g/mol. The Hall–Kier alpha value is -0.320. The summed E-state index contributed by atoms with van der Waals surface area (Å²) in [6.07, 6.45) is 0. The van der Waals surface area contributed by atoms with Crippen LogP contribution < -0.4 is 11.3 Å². The lowest BCUT2D eigenvalue weighted by molar-refractivity contribution is 1.22. The minimum absolute atomic E-state index is 0.405. The Morgan fingerprint density at radius 3 is 2.80 bits per heavy atom. The van der Waals surface area contributed by atoms with Crippen molar-refractivity contribution in [3.8, 4) is 0 Å². The number of anilines is 1. The maximum Gasteiger partial charge on any atom is 0.142 e. The zero-order valence-corrected chi connectivity index (χ0v) is 7.28. The van der Waals surface area contributed by atoms with Gasteiger partial charge in [-0.3, -0.25) is 0 Å². The van der Waals surface area contributed by atoms with Crippen molar-refractivity contribution in [2.45, 2.75) is 0 Å². The van der Waals surface area contributed by atoms with Crippen LogP contribution in [0.25, 0.3) is 0 Å². The summed E-state index contributed by atoms with van der Waals surface area (Å²) in [6, 6.07) is 3.41. The fourth-order valence-corrected chi connectivity index (χ4v) is 1.31. The van der Waals surface area contributed by atoms with Gasteiger partial charge in [-0.25, -0.2) is 10.8 Å². The quantitative estimate of drug-likeness (QED) is 0.433. The lowest BCUT2D eigenvalue weighted by Crippen LogP contribution is -2.08. The van der Waals surface area contributed by atoms with Crippen LogP contribution in [0.5, 0.6) is 0 Å². The summed E-state index contributed by atoms with van der Waals surface area (Å²) in [4.78, 5) is 3.85. The molecule has 0 amide bonds. The van der Waals surface area contributed by atoms with E-state index in [0.29, 0.717) is 11.0 Å². The van der Waals surface area contributed by atoms with Crippen molar-refractivity contribution >= 4 is 33.3 Å². The Labute approximate surface area is 71.7 Å². The lowest BCUT2D eigenvalue weighted by Gasteiger charge is -1.98. The minimum Gasteiger partial charge on any atom is -0.308 e. The van der Waals surface area contributed by atoms with Crippen molar-refractivity contribution < 1.29 is 0 Å². The van der Waals surface area contributed by atoms with E-state index in [9.17, 15) is 0 Å². The van der Waals surface area contributed by atoms with Gasteiger partial charge in [-0.1, -0.05) is 27.5 Å². The SMILES string of the molecule is NNc1cc(Br)cc(Cl)n1. The fourth-order valence-electron chi connectivity index (χ4n) is 0.540. The Kier molecular flexibility index (Phi) is 2.48. The first kappa shape index (κ1) is 7.78. The predicted molar refractivity (Wildman–Crippen MR) is 44.8 cm³/mol. The largest absolute Gasteiger partial charge is 0.308 e. The topological polar surface area (TPSA) is 50.9 Å². The number of hydrazine groups is 1. The molecule has 0 bridgehead atoms. The molecule has 0 aliphatic rings. The molecular weight excluding hydrogens is 217 g/mol. The van der Waals surface area contributed by atoms with E-state index < -0.39 is 0 Å². The van der Waals surface area contributed by atoms with E-state index in [1.54, 1.807) is 12.1 Å². The number of nitrogens with two attached hydrogens (primary N) is 1. The molecule has 0 aliphatic carbocycles. The molecule has 5 heteroatoms. The van der Waals surface area contributed by atoms with Gasteiger partial charge >= 0.3 is 0 Å². The molecule has 0 atom stereocenters. The highest BCUT2D eigenvalue weighted by atomic mass is 79.9. The van der Waals surface area contributed by atoms with Gasteiger partial charge in [-0.2, -0.15) is 0 Å². The molecule has 0 spiro atoms. The van der Waals surface area contributed by atoms with E-state index in [0.717, 1.165) is 4.47 Å². The van der Waals surface area contributed by atoms with Gasteiger partial charge in [0.1, 0.15) is 11.0 Å². The second-order valence-corrected chi connectivity index (χ2v) is 2.94. The average molecular weight is 222 g/mol. The van der Waals surface area contributed by atoms with Gasteiger partial charge in [-0.15, -0.1) is 0 Å². The second-order valence-electron chi connectivity index (χ2n) is 1.64. The summed E-state index contributed by atoms with van der Waals surface area (Å²) in [5.74, 6) is 5.64. The van der Waals surface area contributed by atoms with Crippen molar-refractivity contribution in [2.24, 2.45) is 5.84 Å². The third kappa shape index (κ3) is 1.83. The van der Waals surface area contributed by atoms with E-state index in [4.69, 9.17) is 17.4 Å². The van der Waals surface area contributed by atoms with Crippen molar-refractivity contribution in [1.82, 2.24) is 4.98 Å². The van der Waals surface area contributed by atoms with Gasteiger partial charge in [0.15, 0.2) is 0 Å². The Morgan fingerprint density at radius 1 is 1.60 bits per heavy atom. The Morgan fingerprint density at radius 2 is 2.30 bits per heavy atom. The summed E-state index contributed by atoms with van der Waals surface area (Å²) in [7, 11) is 0. The number of halogens is 2. The Balaban J connectivity index is 3.06. The maximum absolute atomic E-state index is 5.59. The second kappa shape index (κ2) is 3.18. The summed E-state index contributed by atoms with van der Waals surface area (Å²) in [6.45, 7) is 0. The molecule has 54 valence electrons. The highest BCUT2D eigenvalue weighted by molar-refractivity contribution is 9.10. The molecule has 3 N–H and O–H groups in total. The van der Waals surface area contributed by atoms with Gasteiger partial charge in [0.2, 0.25) is 0 Å². The molecule has 1 rings (SSSR count). The molecule has 0 radical (unpaired) electrons. The molecule has 0 unspecified atom stereocenters. The Bertz CT molecular complexity index is 220. The van der Waals surface area contributed by atoms with E-state index in [1.165, 1.54) is 0 Å². The van der Waals surface area contributed by atoms with Crippen LogP contribution in [0.2, 0.25) is 5.15 Å². The maximum atomic E-state index is 5.59. The van der Waals surface area contributed by atoms with Crippen LogP contribution in [0.15, 0.2) is 16.6 Å². The van der Waals surface area contributed by atoms with E-state index in [2.05, 4.69) is 26.3 Å². The molecule has 0 saturated carbocycles. The van der Waals surface area contributed by atoms with E-state index in [-0.39, 0.29) is 0 Å². The van der Waals surface area contributed by atoms with Gasteiger partial charge in [-0.05, 0) is 12.1 Å².